The van der Waals surface area contributed by atoms with Crippen molar-refractivity contribution in [3.8, 4) is 0 Å². The highest BCUT2D eigenvalue weighted by Gasteiger charge is 2.24. The molecule has 0 spiro atoms. The van der Waals surface area contributed by atoms with Crippen LogP contribution in [0.25, 0.3) is 0 Å². The monoisotopic (exact) mass is 228 g/mol. The molecule has 0 bridgehead atoms. The highest BCUT2D eigenvalue weighted by atomic mass is 16.3. The summed E-state index contributed by atoms with van der Waals surface area (Å²) >= 11 is 0. The molecule has 2 aliphatic carbocycles. The van der Waals surface area contributed by atoms with E-state index in [4.69, 9.17) is 5.11 Å². The number of aliphatic hydroxyl groups excluding tert-OH is 2. The Balaban J connectivity index is 2.27. The second kappa shape index (κ2) is 4.29. The van der Waals surface area contributed by atoms with E-state index in [9.17, 15) is 9.90 Å². The number of rotatable bonds is 2. The van der Waals surface area contributed by atoms with Gasteiger partial charge in [-0.05, 0) is 23.3 Å². The predicted molar refractivity (Wildman–Crippen MR) is 65.4 cm³/mol. The second-order valence-electron chi connectivity index (χ2n) is 3.92. The molecule has 86 valence electrons. The van der Waals surface area contributed by atoms with Gasteiger partial charge in [-0.25, -0.2) is 0 Å². The van der Waals surface area contributed by atoms with Crippen molar-refractivity contribution in [2.75, 3.05) is 0 Å². The molecule has 3 nitrogen and oxygen atoms in total. The maximum absolute atomic E-state index is 11.7. The minimum Gasteiger partial charge on any atom is -0.509 e. The molecular weight excluding hydrogens is 216 g/mol. The molecule has 0 amide bonds. The van der Waals surface area contributed by atoms with Crippen LogP contribution in [0.15, 0.2) is 71.8 Å². The lowest BCUT2D eigenvalue weighted by Gasteiger charge is -2.19. The maximum Gasteiger partial charge on any atom is 0.170 e. The molecule has 1 atom stereocenters. The molecule has 3 heteroatoms. The Bertz CT molecular complexity index is 528. The van der Waals surface area contributed by atoms with Crippen molar-refractivity contribution < 1.29 is 15.0 Å². The molecule has 0 fully saturated rings. The minimum atomic E-state index is -0.345. The second-order valence-corrected chi connectivity index (χ2v) is 3.92. The van der Waals surface area contributed by atoms with E-state index in [0.29, 0.717) is 0 Å². The van der Waals surface area contributed by atoms with Crippen LogP contribution in [0.3, 0.4) is 0 Å². The van der Waals surface area contributed by atoms with E-state index in [1.807, 2.05) is 6.08 Å². The van der Waals surface area contributed by atoms with Gasteiger partial charge in [0.05, 0.1) is 5.92 Å². The first kappa shape index (κ1) is 11.2. The fourth-order valence-corrected chi connectivity index (χ4v) is 1.78. The Morgan fingerprint density at radius 3 is 2.82 bits per heavy atom. The van der Waals surface area contributed by atoms with Crippen LogP contribution in [-0.2, 0) is 4.79 Å². The van der Waals surface area contributed by atoms with Gasteiger partial charge in [-0.15, -0.1) is 0 Å². The number of hydrogen-bond donors (Lipinski definition) is 2. The summed E-state index contributed by atoms with van der Waals surface area (Å²) in [5.74, 6) is -0.532. The summed E-state index contributed by atoms with van der Waals surface area (Å²) in [4.78, 5) is 11.7. The van der Waals surface area contributed by atoms with Gasteiger partial charge in [-0.3, -0.25) is 4.79 Å². The molecule has 2 N–H and O–H groups in total. The van der Waals surface area contributed by atoms with Crippen LogP contribution in [0.4, 0.5) is 0 Å². The average Bonchev–Trinajstić information content (AvgIpc) is 2.26. The third-order valence-electron chi connectivity index (χ3n) is 2.57. The van der Waals surface area contributed by atoms with Crippen LogP contribution >= 0.6 is 0 Å². The van der Waals surface area contributed by atoms with E-state index in [1.54, 1.807) is 24.3 Å². The van der Waals surface area contributed by atoms with E-state index >= 15 is 0 Å². The van der Waals surface area contributed by atoms with Crippen molar-refractivity contribution in [2.45, 2.75) is 0 Å². The molecule has 1 unspecified atom stereocenters. The molecule has 0 aromatic heterocycles. The number of hydrogen-bond acceptors (Lipinski definition) is 3. The van der Waals surface area contributed by atoms with Crippen LogP contribution in [0.5, 0.6) is 0 Å². The summed E-state index contributed by atoms with van der Waals surface area (Å²) in [6, 6.07) is 0. The van der Waals surface area contributed by atoms with Crippen LogP contribution in [0, 0.1) is 5.92 Å². The molecule has 0 radical (unpaired) electrons. The van der Waals surface area contributed by atoms with Crippen molar-refractivity contribution in [3.05, 3.63) is 71.8 Å². The normalized spacial score (nSPS) is 22.9. The summed E-state index contributed by atoms with van der Waals surface area (Å²) in [6.07, 6.45) is 11.3. The largest absolute Gasteiger partial charge is 0.509 e. The number of ketones is 1. The number of allylic oxidation sites excluding steroid dienone is 9. The summed E-state index contributed by atoms with van der Waals surface area (Å²) in [7, 11) is 0. The highest BCUT2D eigenvalue weighted by molar-refractivity contribution is 5.98. The van der Waals surface area contributed by atoms with Crippen LogP contribution in [0.2, 0.25) is 0 Å². The fraction of sp³-hybridized carbons (Fsp3) is 0.0714. The maximum atomic E-state index is 11.7. The molecular formula is C14H12O3. The van der Waals surface area contributed by atoms with Gasteiger partial charge in [0, 0.05) is 6.08 Å². The Morgan fingerprint density at radius 2 is 2.12 bits per heavy atom. The number of carbonyl (C=O) groups excluding carboxylic acids is 1. The van der Waals surface area contributed by atoms with Gasteiger partial charge >= 0.3 is 0 Å². The van der Waals surface area contributed by atoms with E-state index in [1.165, 1.54) is 12.2 Å². The molecule has 0 aliphatic heterocycles. The Kier molecular flexibility index (Phi) is 2.83. The van der Waals surface area contributed by atoms with E-state index < -0.39 is 0 Å². The molecule has 0 saturated heterocycles. The Hall–Kier alpha value is -2.29. The lowest BCUT2D eigenvalue weighted by atomic mass is 9.84. The van der Waals surface area contributed by atoms with Crippen LogP contribution in [0.1, 0.15) is 0 Å². The summed E-state index contributed by atoms with van der Waals surface area (Å²) < 4.78 is 0. The summed E-state index contributed by atoms with van der Waals surface area (Å²) in [5, 5.41) is 18.3. The first-order valence-electron chi connectivity index (χ1n) is 5.18. The Labute approximate surface area is 99.1 Å². The quantitative estimate of drug-likeness (QED) is 0.564. The molecule has 0 aromatic carbocycles. The molecule has 0 heterocycles. The van der Waals surface area contributed by atoms with Crippen molar-refractivity contribution >= 4 is 5.78 Å². The zero-order valence-corrected chi connectivity index (χ0v) is 9.13. The van der Waals surface area contributed by atoms with E-state index in [-0.39, 0.29) is 23.2 Å². The number of fused-ring (bicyclic) bond motifs is 1. The molecule has 0 saturated carbocycles. The van der Waals surface area contributed by atoms with Gasteiger partial charge in [0.1, 0.15) is 11.5 Å². The van der Waals surface area contributed by atoms with Crippen molar-refractivity contribution in [2.24, 2.45) is 5.92 Å². The SMILES string of the molecule is C=C(O)/C=C/C1=CC2C(=O)C=C(O)C=C2C=C1. The summed E-state index contributed by atoms with van der Waals surface area (Å²) in [5.41, 5.74) is 1.60. The van der Waals surface area contributed by atoms with Crippen LogP contribution < -0.4 is 0 Å². The average molecular weight is 228 g/mol. The number of carbonyl (C=O) groups is 1. The first-order valence-corrected chi connectivity index (χ1v) is 5.18. The van der Waals surface area contributed by atoms with Crippen molar-refractivity contribution in [3.63, 3.8) is 0 Å². The van der Waals surface area contributed by atoms with Gasteiger partial charge in [0.25, 0.3) is 0 Å². The molecule has 0 aromatic rings. The smallest absolute Gasteiger partial charge is 0.170 e. The molecule has 2 aliphatic rings. The van der Waals surface area contributed by atoms with Gasteiger partial charge < -0.3 is 10.2 Å². The predicted octanol–water partition coefficient (Wildman–Crippen LogP) is 2.68. The highest BCUT2D eigenvalue weighted by Crippen LogP contribution is 2.28. The molecule has 17 heavy (non-hydrogen) atoms. The lowest BCUT2D eigenvalue weighted by molar-refractivity contribution is -0.116. The lowest BCUT2D eigenvalue weighted by Crippen LogP contribution is -2.18. The summed E-state index contributed by atoms with van der Waals surface area (Å²) in [6.45, 7) is 3.34. The van der Waals surface area contributed by atoms with E-state index in [2.05, 4.69) is 6.58 Å². The minimum absolute atomic E-state index is 0.0120. The Morgan fingerprint density at radius 1 is 1.35 bits per heavy atom. The van der Waals surface area contributed by atoms with Gasteiger partial charge in [0.2, 0.25) is 0 Å². The zero-order valence-electron chi connectivity index (χ0n) is 9.13. The number of aliphatic hydroxyl groups is 2. The topological polar surface area (TPSA) is 57.5 Å². The zero-order chi connectivity index (χ0) is 12.4. The third-order valence-corrected chi connectivity index (χ3v) is 2.57. The van der Waals surface area contributed by atoms with Gasteiger partial charge in [-0.2, -0.15) is 0 Å². The van der Waals surface area contributed by atoms with Crippen molar-refractivity contribution in [1.82, 2.24) is 0 Å². The fourth-order valence-electron chi connectivity index (χ4n) is 1.78. The van der Waals surface area contributed by atoms with Gasteiger partial charge in [-0.1, -0.05) is 30.9 Å². The van der Waals surface area contributed by atoms with Crippen LogP contribution in [-0.4, -0.2) is 16.0 Å². The van der Waals surface area contributed by atoms with Gasteiger partial charge in [0.15, 0.2) is 5.78 Å². The third kappa shape index (κ3) is 2.45. The molecule has 2 rings (SSSR count). The van der Waals surface area contributed by atoms with Crippen molar-refractivity contribution in [1.29, 1.82) is 0 Å². The first-order chi connectivity index (χ1) is 8.06. The van der Waals surface area contributed by atoms with E-state index in [0.717, 1.165) is 11.1 Å². The standard InChI is InChI=1S/C14H12O3/c1-9(15)2-3-10-4-5-11-7-12(16)8-14(17)13(11)6-10/h2-8,13,15-16H,1H2/b3-2+.